The van der Waals surface area contributed by atoms with Crippen LogP contribution in [0, 0.1) is 45.6 Å². The lowest BCUT2D eigenvalue weighted by atomic mass is 9.45. The molecule has 31 heavy (non-hydrogen) atoms. The highest BCUT2D eigenvalue weighted by Gasteiger charge is 2.64. The molecule has 4 aliphatic rings. The normalized spacial score (nSPS) is 33.2. The Morgan fingerprint density at radius 3 is 2.10 bits per heavy atom. The van der Waals surface area contributed by atoms with Crippen molar-refractivity contribution >= 4 is 27.7 Å². The molecular formula is C20H21NO9S. The number of benzene rings is 1. The van der Waals surface area contributed by atoms with Gasteiger partial charge in [-0.05, 0) is 42.2 Å². The third kappa shape index (κ3) is 3.41. The number of rotatable bonds is 6. The van der Waals surface area contributed by atoms with Gasteiger partial charge >= 0.3 is 11.9 Å². The summed E-state index contributed by atoms with van der Waals surface area (Å²) in [6.07, 6.45) is 3.46. The minimum absolute atomic E-state index is 0.0166. The smallest absolute Gasteiger partial charge is 0.310 e. The van der Waals surface area contributed by atoms with Crippen LogP contribution in [0.3, 0.4) is 0 Å². The van der Waals surface area contributed by atoms with Crippen molar-refractivity contribution in [2.75, 3.05) is 14.2 Å². The molecule has 4 aliphatic carbocycles. The number of hydrogen-bond acceptors (Lipinski definition) is 9. The zero-order valence-corrected chi connectivity index (χ0v) is 17.6. The van der Waals surface area contributed by atoms with Crippen LogP contribution in [0.2, 0.25) is 0 Å². The molecule has 0 radical (unpaired) electrons. The van der Waals surface area contributed by atoms with E-state index in [-0.39, 0.29) is 28.3 Å². The molecule has 0 amide bonds. The summed E-state index contributed by atoms with van der Waals surface area (Å²) < 4.78 is 40.7. The highest BCUT2D eigenvalue weighted by molar-refractivity contribution is 7.86. The number of carbonyl (C=O) groups excluding carboxylic acids is 2. The van der Waals surface area contributed by atoms with Crippen LogP contribution in [-0.2, 0) is 33.4 Å². The fourth-order valence-electron chi connectivity index (χ4n) is 5.30. The van der Waals surface area contributed by atoms with Crippen LogP contribution in [0.25, 0.3) is 0 Å². The molecule has 1 aromatic carbocycles. The van der Waals surface area contributed by atoms with Gasteiger partial charge in [0.25, 0.3) is 15.8 Å². The molecule has 0 N–H and O–H groups in total. The number of ether oxygens (including phenoxy) is 2. The highest BCUT2D eigenvalue weighted by Crippen LogP contribution is 2.61. The van der Waals surface area contributed by atoms with Crippen LogP contribution in [0.4, 0.5) is 5.69 Å². The van der Waals surface area contributed by atoms with Gasteiger partial charge in [0, 0.05) is 12.1 Å². The Hall–Kier alpha value is -2.79. The molecule has 0 unspecified atom stereocenters. The fraction of sp³-hybridized carbons (Fsp3) is 0.500. The maximum Gasteiger partial charge on any atom is 0.310 e. The van der Waals surface area contributed by atoms with E-state index in [1.165, 1.54) is 14.2 Å². The summed E-state index contributed by atoms with van der Waals surface area (Å²) in [7, 11) is -1.65. The zero-order chi connectivity index (χ0) is 22.5. The van der Waals surface area contributed by atoms with E-state index >= 15 is 0 Å². The number of allylic oxidation sites excluding steroid dienone is 2. The maximum absolute atomic E-state index is 12.7. The third-order valence-electron chi connectivity index (χ3n) is 6.67. The van der Waals surface area contributed by atoms with E-state index in [4.69, 9.17) is 13.7 Å². The van der Waals surface area contributed by atoms with Crippen molar-refractivity contribution in [1.29, 1.82) is 0 Å². The molecule has 10 nitrogen and oxygen atoms in total. The second-order valence-corrected chi connectivity index (χ2v) is 9.53. The Bertz CT molecular complexity index is 1050. The topological polar surface area (TPSA) is 139 Å². The molecule has 7 atom stereocenters. The third-order valence-corrected chi connectivity index (χ3v) is 8.02. The van der Waals surface area contributed by atoms with Crippen LogP contribution in [-0.4, -0.2) is 45.6 Å². The summed E-state index contributed by atoms with van der Waals surface area (Å²) in [4.78, 5) is 34.9. The predicted octanol–water partition coefficient (Wildman–Crippen LogP) is 1.70. The van der Waals surface area contributed by atoms with Crippen molar-refractivity contribution in [2.45, 2.75) is 17.4 Å². The van der Waals surface area contributed by atoms with E-state index in [2.05, 4.69) is 0 Å². The molecule has 11 heteroatoms. The van der Waals surface area contributed by atoms with Crippen LogP contribution >= 0.6 is 0 Å². The molecule has 2 bridgehead atoms. The van der Waals surface area contributed by atoms with Gasteiger partial charge in [-0.2, -0.15) is 8.42 Å². The second-order valence-electron chi connectivity index (χ2n) is 7.95. The summed E-state index contributed by atoms with van der Waals surface area (Å²) >= 11 is 0. The van der Waals surface area contributed by atoms with Crippen molar-refractivity contribution in [3.05, 3.63) is 46.5 Å². The average Bonchev–Trinajstić information content (AvgIpc) is 2.75. The first-order valence-corrected chi connectivity index (χ1v) is 11.1. The van der Waals surface area contributed by atoms with Crippen molar-refractivity contribution in [2.24, 2.45) is 35.5 Å². The summed E-state index contributed by atoms with van der Waals surface area (Å²) in [6.45, 7) is 0. The average molecular weight is 451 g/mol. The van der Waals surface area contributed by atoms with Gasteiger partial charge in [-0.3, -0.25) is 23.9 Å². The van der Waals surface area contributed by atoms with E-state index < -0.39 is 50.8 Å². The monoisotopic (exact) mass is 451 g/mol. The molecule has 2 fully saturated rings. The second kappa shape index (κ2) is 7.72. The Labute approximate surface area is 178 Å². The lowest BCUT2D eigenvalue weighted by Gasteiger charge is -2.59. The number of fused-ring (bicyclic) bond motifs is 1. The molecule has 0 aromatic heterocycles. The largest absolute Gasteiger partial charge is 0.469 e. The van der Waals surface area contributed by atoms with Crippen molar-refractivity contribution in [3.63, 3.8) is 0 Å². The summed E-state index contributed by atoms with van der Waals surface area (Å²) in [5.41, 5.74) is -0.229. The van der Waals surface area contributed by atoms with Gasteiger partial charge in [-0.25, -0.2) is 0 Å². The zero-order valence-electron chi connectivity index (χ0n) is 16.7. The number of nitrogens with zero attached hydrogens (tertiary/aromatic N) is 1. The Balaban J connectivity index is 1.57. The molecule has 1 aromatic rings. The first-order valence-electron chi connectivity index (χ1n) is 9.71. The van der Waals surface area contributed by atoms with Crippen LogP contribution in [0.15, 0.2) is 41.3 Å². The number of non-ortho nitro benzene ring substituents is 1. The van der Waals surface area contributed by atoms with E-state index in [0.717, 1.165) is 24.3 Å². The van der Waals surface area contributed by atoms with Gasteiger partial charge < -0.3 is 9.47 Å². The van der Waals surface area contributed by atoms with Gasteiger partial charge in [-0.1, -0.05) is 12.2 Å². The molecular weight excluding hydrogens is 430 g/mol. The van der Waals surface area contributed by atoms with Gasteiger partial charge in [0.1, 0.15) is 0 Å². The number of nitro benzene ring substituents is 1. The van der Waals surface area contributed by atoms with E-state index in [9.17, 15) is 28.1 Å². The number of carbonyl (C=O) groups is 2. The molecule has 0 heterocycles. The SMILES string of the molecule is COC(=O)[C@@H]1[C@@H]2C=C[C@@H]([C@@H]1C(=O)OC)[C@@H]1[C@@H]2C[C@@H]1OS(=O)(=O)c1ccc([N+](=O)[O-])cc1. The van der Waals surface area contributed by atoms with Crippen molar-refractivity contribution in [3.8, 4) is 0 Å². The minimum atomic E-state index is -4.16. The van der Waals surface area contributed by atoms with Crippen molar-refractivity contribution in [1.82, 2.24) is 0 Å². The number of esters is 2. The van der Waals surface area contributed by atoms with Crippen LogP contribution < -0.4 is 0 Å². The molecule has 0 saturated heterocycles. The van der Waals surface area contributed by atoms with Gasteiger partial charge in [0.2, 0.25) is 0 Å². The highest BCUT2D eigenvalue weighted by atomic mass is 32.2. The molecule has 0 aliphatic heterocycles. The lowest BCUT2D eigenvalue weighted by Crippen LogP contribution is -2.63. The molecule has 2 saturated carbocycles. The van der Waals surface area contributed by atoms with E-state index in [0.29, 0.717) is 6.42 Å². The first kappa shape index (κ1) is 21.4. The maximum atomic E-state index is 12.7. The van der Waals surface area contributed by atoms with E-state index in [1.807, 2.05) is 12.2 Å². The van der Waals surface area contributed by atoms with Gasteiger partial charge in [0.15, 0.2) is 0 Å². The number of methoxy groups -OCH3 is 2. The molecule has 0 spiro atoms. The molecule has 166 valence electrons. The molecule has 5 rings (SSSR count). The Morgan fingerprint density at radius 1 is 1.00 bits per heavy atom. The van der Waals surface area contributed by atoms with Gasteiger partial charge in [0.05, 0.1) is 42.0 Å². The minimum Gasteiger partial charge on any atom is -0.469 e. The van der Waals surface area contributed by atoms with Crippen molar-refractivity contribution < 1.29 is 36.6 Å². The summed E-state index contributed by atoms with van der Waals surface area (Å²) in [6, 6.07) is 4.45. The summed E-state index contributed by atoms with van der Waals surface area (Å²) in [5, 5.41) is 10.8. The Kier molecular flexibility index (Phi) is 5.34. The predicted molar refractivity (Wildman–Crippen MR) is 104 cm³/mol. The van der Waals surface area contributed by atoms with E-state index in [1.54, 1.807) is 0 Å². The standard InChI is InChI=1S/C20H21NO9S/c1-28-19(22)17-12-7-8-13(18(17)20(23)29-2)16-14(12)9-15(16)30-31(26,27)11-5-3-10(4-6-11)21(24)25/h3-8,12-18H,9H2,1-2H3/t12-,13-,14-,15+,16-,17-,18+/m1/s1. The lowest BCUT2D eigenvalue weighted by molar-refractivity contribution is -0.384. The first-order chi connectivity index (χ1) is 14.7. The Morgan fingerprint density at radius 2 is 1.55 bits per heavy atom. The summed E-state index contributed by atoms with van der Waals surface area (Å²) in [5.74, 6) is -3.47. The van der Waals surface area contributed by atoms with Crippen LogP contribution in [0.1, 0.15) is 6.42 Å². The number of hydrogen-bond donors (Lipinski definition) is 0. The van der Waals surface area contributed by atoms with Crippen LogP contribution in [0.5, 0.6) is 0 Å². The van der Waals surface area contributed by atoms with Gasteiger partial charge in [-0.15, -0.1) is 0 Å². The fourth-order valence-corrected chi connectivity index (χ4v) is 6.41. The quantitative estimate of drug-likeness (QED) is 0.208. The number of nitro groups is 1.